The van der Waals surface area contributed by atoms with E-state index in [1.54, 1.807) is 18.2 Å². The van der Waals surface area contributed by atoms with Crippen LogP contribution in [0, 0.1) is 0 Å². The lowest BCUT2D eigenvalue weighted by atomic mass is 10.1. The molecule has 35 heavy (non-hydrogen) atoms. The molecule has 2 aromatic carbocycles. The monoisotopic (exact) mass is 486 g/mol. The molecular weight excluding hydrogens is 465 g/mol. The fraction of sp³-hybridized carbons (Fsp3) is 0.261. The lowest BCUT2D eigenvalue weighted by Gasteiger charge is -2.08. The van der Waals surface area contributed by atoms with Gasteiger partial charge in [-0.1, -0.05) is 35.5 Å². The highest BCUT2D eigenvalue weighted by Gasteiger charge is 2.30. The molecule has 0 fully saturated rings. The standard InChI is InChI=1S/C23H21F3N6O3/c24-23(25,26)15-6-3-5-14(13-15)20-29-19(35-32-20)10-9-18(33)27-11-4-12-28-21-16-7-1-2-8-17(16)22(34)31-30-21/h1-3,5-8,13H,4,9-12H2,(H,27,33)(H,28,30)(H,31,34). The molecule has 1 amide bonds. The Balaban J connectivity index is 1.21. The summed E-state index contributed by atoms with van der Waals surface area (Å²) in [5.41, 5.74) is -0.891. The van der Waals surface area contributed by atoms with Crippen molar-refractivity contribution < 1.29 is 22.5 Å². The largest absolute Gasteiger partial charge is 0.416 e. The lowest BCUT2D eigenvalue weighted by molar-refractivity contribution is -0.137. The Kier molecular flexibility index (Phi) is 7.09. The van der Waals surface area contributed by atoms with E-state index in [1.165, 1.54) is 12.1 Å². The SMILES string of the molecule is O=C(CCc1nc(-c2cccc(C(F)(F)F)c2)no1)NCCCNc1n[nH]c(=O)c2ccccc12. The molecule has 0 aliphatic heterocycles. The number of benzene rings is 2. The number of nitrogens with one attached hydrogen (secondary N) is 3. The van der Waals surface area contributed by atoms with E-state index in [4.69, 9.17) is 4.52 Å². The van der Waals surface area contributed by atoms with Crippen LogP contribution in [0.15, 0.2) is 57.8 Å². The number of carbonyl (C=O) groups excluding carboxylic acids is 1. The molecule has 0 saturated heterocycles. The van der Waals surface area contributed by atoms with Gasteiger partial charge < -0.3 is 15.2 Å². The molecule has 0 unspecified atom stereocenters. The number of anilines is 1. The molecule has 0 bridgehead atoms. The third-order valence-corrected chi connectivity index (χ3v) is 5.15. The number of halogens is 3. The van der Waals surface area contributed by atoms with Gasteiger partial charge in [0.2, 0.25) is 17.6 Å². The number of carbonyl (C=O) groups is 1. The van der Waals surface area contributed by atoms with Crippen molar-refractivity contribution >= 4 is 22.5 Å². The van der Waals surface area contributed by atoms with Crippen molar-refractivity contribution in [2.24, 2.45) is 0 Å². The molecule has 0 aliphatic rings. The van der Waals surface area contributed by atoms with Crippen molar-refractivity contribution in [2.75, 3.05) is 18.4 Å². The Hall–Kier alpha value is -4.22. The summed E-state index contributed by atoms with van der Waals surface area (Å²) in [6.45, 7) is 0.930. The lowest BCUT2D eigenvalue weighted by Crippen LogP contribution is -2.26. The molecule has 2 heterocycles. The number of aryl methyl sites for hydroxylation is 1. The van der Waals surface area contributed by atoms with Crippen molar-refractivity contribution in [2.45, 2.75) is 25.4 Å². The van der Waals surface area contributed by atoms with E-state index in [9.17, 15) is 22.8 Å². The minimum absolute atomic E-state index is 0.0287. The van der Waals surface area contributed by atoms with Crippen LogP contribution in [0.1, 0.15) is 24.3 Å². The van der Waals surface area contributed by atoms with Gasteiger partial charge in [-0.05, 0) is 24.6 Å². The first-order chi connectivity index (χ1) is 16.8. The fourth-order valence-electron chi connectivity index (χ4n) is 3.39. The first-order valence-corrected chi connectivity index (χ1v) is 10.8. The predicted octanol–water partition coefficient (Wildman–Crippen LogP) is 3.54. The van der Waals surface area contributed by atoms with Crippen LogP contribution in [-0.4, -0.2) is 39.3 Å². The van der Waals surface area contributed by atoms with E-state index in [2.05, 4.69) is 31.0 Å². The second-order valence-corrected chi connectivity index (χ2v) is 7.67. The van der Waals surface area contributed by atoms with Crippen molar-refractivity contribution in [1.82, 2.24) is 25.7 Å². The average molecular weight is 486 g/mol. The molecule has 0 saturated carbocycles. The molecule has 9 nitrogen and oxygen atoms in total. The maximum Gasteiger partial charge on any atom is 0.416 e. The van der Waals surface area contributed by atoms with Crippen LogP contribution in [0.5, 0.6) is 0 Å². The fourth-order valence-corrected chi connectivity index (χ4v) is 3.39. The summed E-state index contributed by atoms with van der Waals surface area (Å²) < 4.78 is 43.7. The topological polar surface area (TPSA) is 126 Å². The highest BCUT2D eigenvalue weighted by molar-refractivity contribution is 5.90. The van der Waals surface area contributed by atoms with Crippen molar-refractivity contribution in [3.05, 3.63) is 70.3 Å². The van der Waals surface area contributed by atoms with Gasteiger partial charge >= 0.3 is 6.18 Å². The zero-order valence-corrected chi connectivity index (χ0v) is 18.4. The number of fused-ring (bicyclic) bond motifs is 1. The van der Waals surface area contributed by atoms with Gasteiger partial charge in [0.05, 0.1) is 10.9 Å². The summed E-state index contributed by atoms with van der Waals surface area (Å²) in [4.78, 5) is 28.0. The molecule has 182 valence electrons. The molecule has 3 N–H and O–H groups in total. The summed E-state index contributed by atoms with van der Waals surface area (Å²) >= 11 is 0. The normalized spacial score (nSPS) is 11.5. The van der Waals surface area contributed by atoms with Crippen LogP contribution in [-0.2, 0) is 17.4 Å². The second kappa shape index (κ2) is 10.4. The van der Waals surface area contributed by atoms with Crippen LogP contribution in [0.25, 0.3) is 22.2 Å². The van der Waals surface area contributed by atoms with Gasteiger partial charge in [-0.2, -0.15) is 23.3 Å². The molecular formula is C23H21F3N6O3. The maximum absolute atomic E-state index is 12.9. The molecule has 0 aliphatic carbocycles. The number of hydrogen-bond acceptors (Lipinski definition) is 7. The van der Waals surface area contributed by atoms with E-state index < -0.39 is 11.7 Å². The Bertz CT molecular complexity index is 1380. The minimum Gasteiger partial charge on any atom is -0.368 e. The van der Waals surface area contributed by atoms with Gasteiger partial charge in [0.25, 0.3) is 5.56 Å². The molecule has 4 aromatic rings. The zero-order chi connectivity index (χ0) is 24.8. The third kappa shape index (κ3) is 6.02. The second-order valence-electron chi connectivity index (χ2n) is 7.67. The smallest absolute Gasteiger partial charge is 0.368 e. The number of amides is 1. The van der Waals surface area contributed by atoms with Gasteiger partial charge in [0, 0.05) is 36.9 Å². The molecule has 0 atom stereocenters. The highest BCUT2D eigenvalue weighted by Crippen LogP contribution is 2.31. The van der Waals surface area contributed by atoms with E-state index in [1.807, 2.05) is 6.07 Å². The van der Waals surface area contributed by atoms with Crippen LogP contribution in [0.4, 0.5) is 19.0 Å². The summed E-state index contributed by atoms with van der Waals surface area (Å²) in [7, 11) is 0. The number of aromatic amines is 1. The Morgan fingerprint density at radius 3 is 2.66 bits per heavy atom. The number of alkyl halides is 3. The van der Waals surface area contributed by atoms with E-state index >= 15 is 0 Å². The number of nitrogens with zero attached hydrogens (tertiary/aromatic N) is 3. The number of rotatable bonds is 9. The third-order valence-electron chi connectivity index (χ3n) is 5.15. The Morgan fingerprint density at radius 2 is 1.86 bits per heavy atom. The summed E-state index contributed by atoms with van der Waals surface area (Å²) in [5.74, 6) is 0.516. The van der Waals surface area contributed by atoms with Crippen LogP contribution >= 0.6 is 0 Å². The Morgan fingerprint density at radius 1 is 1.06 bits per heavy atom. The molecule has 2 aromatic heterocycles. The molecule has 12 heteroatoms. The maximum atomic E-state index is 12.9. The van der Waals surface area contributed by atoms with Gasteiger partial charge in [-0.15, -0.1) is 0 Å². The number of hydrogen-bond donors (Lipinski definition) is 3. The minimum atomic E-state index is -4.47. The van der Waals surface area contributed by atoms with Crippen LogP contribution < -0.4 is 16.2 Å². The predicted molar refractivity (Wildman–Crippen MR) is 122 cm³/mol. The van der Waals surface area contributed by atoms with E-state index in [0.717, 1.165) is 12.1 Å². The molecule has 0 spiro atoms. The van der Waals surface area contributed by atoms with Gasteiger partial charge in [-0.25, -0.2) is 5.10 Å². The van der Waals surface area contributed by atoms with Gasteiger partial charge in [0.1, 0.15) is 0 Å². The van der Waals surface area contributed by atoms with Crippen LogP contribution in [0.2, 0.25) is 0 Å². The summed E-state index contributed by atoms with van der Waals surface area (Å²) in [6.07, 6.45) is -3.62. The van der Waals surface area contributed by atoms with Gasteiger partial charge in [0.15, 0.2) is 5.82 Å². The summed E-state index contributed by atoms with van der Waals surface area (Å²) in [6, 6.07) is 11.7. The molecule has 0 radical (unpaired) electrons. The van der Waals surface area contributed by atoms with Crippen LogP contribution in [0.3, 0.4) is 0 Å². The number of aromatic nitrogens is 4. The Labute approximate surface area is 196 Å². The van der Waals surface area contributed by atoms with Crippen molar-refractivity contribution in [3.8, 4) is 11.4 Å². The first kappa shape index (κ1) is 23.9. The quantitative estimate of drug-likeness (QED) is 0.309. The van der Waals surface area contributed by atoms with Crippen molar-refractivity contribution in [3.63, 3.8) is 0 Å². The highest BCUT2D eigenvalue weighted by atomic mass is 19.4. The van der Waals surface area contributed by atoms with Crippen molar-refractivity contribution in [1.29, 1.82) is 0 Å². The van der Waals surface area contributed by atoms with E-state index in [-0.39, 0.29) is 41.6 Å². The summed E-state index contributed by atoms with van der Waals surface area (Å²) in [5, 5.41) is 17.4. The average Bonchev–Trinajstić information content (AvgIpc) is 3.33. The molecule has 4 rings (SSSR count). The van der Waals surface area contributed by atoms with Gasteiger partial charge in [-0.3, -0.25) is 9.59 Å². The first-order valence-electron chi connectivity index (χ1n) is 10.8. The number of H-pyrrole nitrogens is 1. The van der Waals surface area contributed by atoms with E-state index in [0.29, 0.717) is 36.1 Å². The zero-order valence-electron chi connectivity index (χ0n) is 18.4.